The minimum absolute atomic E-state index is 0.125. The van der Waals surface area contributed by atoms with Gasteiger partial charge < -0.3 is 15.2 Å². The van der Waals surface area contributed by atoms with Gasteiger partial charge in [0.15, 0.2) is 0 Å². The molecule has 106 valence electrons. The van der Waals surface area contributed by atoms with Gasteiger partial charge in [-0.25, -0.2) is 0 Å². The smallest absolute Gasteiger partial charge is 0.0783 e. The van der Waals surface area contributed by atoms with Gasteiger partial charge in [0.05, 0.1) is 11.7 Å². The molecule has 4 heteroatoms. The summed E-state index contributed by atoms with van der Waals surface area (Å²) in [4.78, 5) is 0. The van der Waals surface area contributed by atoms with Crippen molar-refractivity contribution in [1.29, 1.82) is 0 Å². The molecule has 2 aliphatic heterocycles. The van der Waals surface area contributed by atoms with E-state index in [1.54, 1.807) is 7.11 Å². The number of methoxy groups -OCH3 is 1. The Bertz CT molecular complexity index is 267. The number of hydrogen-bond donors (Lipinski definition) is 1. The van der Waals surface area contributed by atoms with Crippen molar-refractivity contribution in [1.82, 2.24) is 0 Å². The molecule has 4 atom stereocenters. The average Bonchev–Trinajstić information content (AvgIpc) is 2.77. The summed E-state index contributed by atoms with van der Waals surface area (Å²) in [6, 6.07) is 0.140. The topological polar surface area (TPSA) is 44.5 Å². The van der Waals surface area contributed by atoms with Crippen molar-refractivity contribution in [3.05, 3.63) is 0 Å². The van der Waals surface area contributed by atoms with E-state index in [0.717, 1.165) is 25.2 Å². The lowest BCUT2D eigenvalue weighted by Gasteiger charge is -2.42. The number of hydrogen-bond acceptors (Lipinski definition) is 4. The Kier molecular flexibility index (Phi) is 4.98. The highest BCUT2D eigenvalue weighted by Crippen LogP contribution is 2.41. The summed E-state index contributed by atoms with van der Waals surface area (Å²) in [5.74, 6) is 3.40. The highest BCUT2D eigenvalue weighted by molar-refractivity contribution is 7.99. The largest absolute Gasteiger partial charge is 0.380 e. The van der Waals surface area contributed by atoms with Crippen LogP contribution in [-0.4, -0.2) is 43.0 Å². The lowest BCUT2D eigenvalue weighted by Crippen LogP contribution is -2.51. The Morgan fingerprint density at radius 1 is 1.44 bits per heavy atom. The first kappa shape index (κ1) is 14.6. The molecule has 0 aromatic heterocycles. The standard InChI is InChI=1S/C14H27NO2S/c1-10(2)13(16-3)12(15)11-4-6-17-14(8-11)5-7-18-9-14/h10-13H,4-9,15H2,1-3H3. The van der Waals surface area contributed by atoms with E-state index in [-0.39, 0.29) is 17.7 Å². The van der Waals surface area contributed by atoms with E-state index in [9.17, 15) is 0 Å². The van der Waals surface area contributed by atoms with Gasteiger partial charge in [0.1, 0.15) is 0 Å². The molecule has 0 amide bonds. The quantitative estimate of drug-likeness (QED) is 0.853. The van der Waals surface area contributed by atoms with Crippen LogP contribution in [0.25, 0.3) is 0 Å². The van der Waals surface area contributed by atoms with Crippen molar-refractivity contribution >= 4 is 11.8 Å². The van der Waals surface area contributed by atoms with Crippen LogP contribution in [0.2, 0.25) is 0 Å². The van der Waals surface area contributed by atoms with Crippen LogP contribution >= 0.6 is 11.8 Å². The SMILES string of the molecule is COC(C(C)C)C(N)C1CCOC2(CCSC2)C1. The van der Waals surface area contributed by atoms with Crippen molar-refractivity contribution in [3.8, 4) is 0 Å². The average molecular weight is 273 g/mol. The molecule has 0 radical (unpaired) electrons. The summed E-state index contributed by atoms with van der Waals surface area (Å²) in [5, 5.41) is 0. The molecule has 2 fully saturated rings. The van der Waals surface area contributed by atoms with Crippen molar-refractivity contribution in [3.63, 3.8) is 0 Å². The molecule has 4 unspecified atom stereocenters. The van der Waals surface area contributed by atoms with Crippen LogP contribution in [0.5, 0.6) is 0 Å². The van der Waals surface area contributed by atoms with Gasteiger partial charge in [-0.2, -0.15) is 11.8 Å². The third kappa shape index (κ3) is 3.03. The minimum Gasteiger partial charge on any atom is -0.380 e. The second-order valence-electron chi connectivity index (χ2n) is 6.11. The molecule has 3 nitrogen and oxygen atoms in total. The molecular weight excluding hydrogens is 246 g/mol. The van der Waals surface area contributed by atoms with Crippen molar-refractivity contribution < 1.29 is 9.47 Å². The molecule has 2 N–H and O–H groups in total. The zero-order chi connectivity index (χ0) is 13.2. The molecule has 2 saturated heterocycles. The third-order valence-corrected chi connectivity index (χ3v) is 5.67. The molecule has 0 aliphatic carbocycles. The lowest BCUT2D eigenvalue weighted by molar-refractivity contribution is -0.0946. The predicted molar refractivity (Wildman–Crippen MR) is 77.0 cm³/mol. The molecule has 2 aliphatic rings. The zero-order valence-corrected chi connectivity index (χ0v) is 12.7. The summed E-state index contributed by atoms with van der Waals surface area (Å²) in [6.45, 7) is 5.25. The van der Waals surface area contributed by atoms with Crippen LogP contribution in [-0.2, 0) is 9.47 Å². The minimum atomic E-state index is 0.125. The molecule has 0 aromatic carbocycles. The molecule has 2 rings (SSSR count). The second-order valence-corrected chi connectivity index (χ2v) is 7.21. The lowest BCUT2D eigenvalue weighted by atomic mass is 9.78. The van der Waals surface area contributed by atoms with Crippen molar-refractivity contribution in [2.24, 2.45) is 17.6 Å². The van der Waals surface area contributed by atoms with Crippen LogP contribution in [0, 0.1) is 11.8 Å². The summed E-state index contributed by atoms with van der Waals surface area (Å²) in [5.41, 5.74) is 6.59. The maximum absolute atomic E-state index is 6.47. The number of thioether (sulfide) groups is 1. The monoisotopic (exact) mass is 273 g/mol. The highest BCUT2D eigenvalue weighted by Gasteiger charge is 2.43. The third-order valence-electron chi connectivity index (χ3n) is 4.45. The fraction of sp³-hybridized carbons (Fsp3) is 1.00. The van der Waals surface area contributed by atoms with Crippen LogP contribution in [0.1, 0.15) is 33.1 Å². The van der Waals surface area contributed by atoms with E-state index in [2.05, 4.69) is 13.8 Å². The molecule has 0 aromatic rings. The highest BCUT2D eigenvalue weighted by atomic mass is 32.2. The first-order valence-corrected chi connectivity index (χ1v) is 8.23. The van der Waals surface area contributed by atoms with Crippen LogP contribution < -0.4 is 5.73 Å². The summed E-state index contributed by atoms with van der Waals surface area (Å²) in [6.07, 6.45) is 3.56. The van der Waals surface area contributed by atoms with Gasteiger partial charge in [0.2, 0.25) is 0 Å². The maximum atomic E-state index is 6.47. The Hall–Kier alpha value is 0.230. The van der Waals surface area contributed by atoms with Gasteiger partial charge in [-0.15, -0.1) is 0 Å². The maximum Gasteiger partial charge on any atom is 0.0783 e. The van der Waals surface area contributed by atoms with Crippen LogP contribution in [0.15, 0.2) is 0 Å². The molecule has 0 saturated carbocycles. The Balaban J connectivity index is 1.99. The fourth-order valence-corrected chi connectivity index (χ4v) is 4.78. The normalized spacial score (nSPS) is 36.2. The van der Waals surface area contributed by atoms with E-state index < -0.39 is 0 Å². The van der Waals surface area contributed by atoms with E-state index in [1.165, 1.54) is 12.2 Å². The molecule has 1 spiro atoms. The van der Waals surface area contributed by atoms with E-state index >= 15 is 0 Å². The molecule has 2 heterocycles. The molecule has 18 heavy (non-hydrogen) atoms. The zero-order valence-electron chi connectivity index (χ0n) is 11.9. The molecule has 0 bridgehead atoms. The number of ether oxygens (including phenoxy) is 2. The van der Waals surface area contributed by atoms with Gasteiger partial charge in [-0.05, 0) is 36.9 Å². The summed E-state index contributed by atoms with van der Waals surface area (Å²) in [7, 11) is 1.78. The van der Waals surface area contributed by atoms with Gasteiger partial charge in [-0.1, -0.05) is 13.8 Å². The van der Waals surface area contributed by atoms with E-state index in [0.29, 0.717) is 11.8 Å². The van der Waals surface area contributed by atoms with Crippen molar-refractivity contribution in [2.75, 3.05) is 25.2 Å². The van der Waals surface area contributed by atoms with Crippen LogP contribution in [0.4, 0.5) is 0 Å². The Morgan fingerprint density at radius 3 is 2.78 bits per heavy atom. The van der Waals surface area contributed by atoms with Gasteiger partial charge >= 0.3 is 0 Å². The molecular formula is C14H27NO2S. The van der Waals surface area contributed by atoms with E-state index in [4.69, 9.17) is 15.2 Å². The number of nitrogens with two attached hydrogens (primary N) is 1. The second kappa shape index (κ2) is 6.12. The van der Waals surface area contributed by atoms with Gasteiger partial charge in [0.25, 0.3) is 0 Å². The van der Waals surface area contributed by atoms with Crippen molar-refractivity contribution in [2.45, 2.75) is 50.9 Å². The Morgan fingerprint density at radius 2 is 2.22 bits per heavy atom. The summed E-state index contributed by atoms with van der Waals surface area (Å²) >= 11 is 2.02. The van der Waals surface area contributed by atoms with E-state index in [1.807, 2.05) is 11.8 Å². The first-order chi connectivity index (χ1) is 8.58. The van der Waals surface area contributed by atoms with Gasteiger partial charge in [-0.3, -0.25) is 0 Å². The summed E-state index contributed by atoms with van der Waals surface area (Å²) < 4.78 is 11.7. The number of rotatable bonds is 4. The predicted octanol–water partition coefficient (Wildman–Crippen LogP) is 2.29. The fourth-order valence-electron chi connectivity index (χ4n) is 3.40. The van der Waals surface area contributed by atoms with Gasteiger partial charge in [0, 0.05) is 25.5 Å². The first-order valence-electron chi connectivity index (χ1n) is 7.08. The van der Waals surface area contributed by atoms with Crippen LogP contribution in [0.3, 0.4) is 0 Å². The Labute approximate surface area is 115 Å².